The molecule has 0 aromatic heterocycles. The van der Waals surface area contributed by atoms with Gasteiger partial charge in [-0.1, -0.05) is 0 Å². The van der Waals surface area contributed by atoms with E-state index in [0.29, 0.717) is 11.3 Å². The Morgan fingerprint density at radius 1 is 1.61 bits per heavy atom. The number of hydrogen-bond acceptors (Lipinski definition) is 3. The number of thioether (sulfide) groups is 1. The lowest BCUT2D eigenvalue weighted by atomic mass is 10.1. The number of halogens is 2. The van der Waals surface area contributed by atoms with Crippen molar-refractivity contribution in [1.29, 1.82) is 0 Å². The summed E-state index contributed by atoms with van der Waals surface area (Å²) in [6.07, 6.45) is 1.88. The number of hydrogen-bond donors (Lipinski definition) is 2. The molecular formula is C12H15BrFNO2S. The molecule has 1 aromatic rings. The molecule has 0 saturated carbocycles. The molecule has 1 unspecified atom stereocenters. The predicted octanol–water partition coefficient (Wildman–Crippen LogP) is 2.43. The molecule has 1 aromatic carbocycles. The van der Waals surface area contributed by atoms with Gasteiger partial charge >= 0.3 is 0 Å². The highest BCUT2D eigenvalue weighted by Gasteiger charge is 2.20. The maximum absolute atomic E-state index is 13.0. The van der Waals surface area contributed by atoms with Gasteiger partial charge in [0.2, 0.25) is 0 Å². The smallest absolute Gasteiger partial charge is 0.251 e. The summed E-state index contributed by atoms with van der Waals surface area (Å²) in [5, 5.41) is 12.5. The van der Waals surface area contributed by atoms with Crippen molar-refractivity contribution in [3.8, 4) is 0 Å². The average molecular weight is 336 g/mol. The van der Waals surface area contributed by atoms with Crippen molar-refractivity contribution >= 4 is 33.6 Å². The molecule has 0 bridgehead atoms. The monoisotopic (exact) mass is 335 g/mol. The number of carbonyl (C=O) groups excluding carboxylic acids is 1. The van der Waals surface area contributed by atoms with E-state index in [0.717, 1.165) is 0 Å². The molecular weight excluding hydrogens is 321 g/mol. The maximum atomic E-state index is 13.0. The first kappa shape index (κ1) is 15.5. The number of amides is 1. The van der Waals surface area contributed by atoms with Gasteiger partial charge in [0.1, 0.15) is 5.82 Å². The summed E-state index contributed by atoms with van der Waals surface area (Å²) in [7, 11) is 0. The predicted molar refractivity (Wildman–Crippen MR) is 75.4 cm³/mol. The normalized spacial score (nSPS) is 14.1. The summed E-state index contributed by atoms with van der Waals surface area (Å²) < 4.78 is 13.3. The number of nitrogens with one attached hydrogen (secondary N) is 1. The number of benzene rings is 1. The van der Waals surface area contributed by atoms with Crippen LogP contribution in [0.25, 0.3) is 0 Å². The van der Waals surface area contributed by atoms with Crippen molar-refractivity contribution in [3.05, 3.63) is 34.1 Å². The summed E-state index contributed by atoms with van der Waals surface area (Å²) in [6.45, 7) is 1.81. The molecule has 0 aliphatic heterocycles. The molecule has 0 spiro atoms. The number of carbonyl (C=O) groups is 1. The van der Waals surface area contributed by atoms with E-state index in [1.54, 1.807) is 6.92 Å². The molecule has 1 amide bonds. The Hall–Kier alpha value is -0.590. The van der Waals surface area contributed by atoms with Gasteiger partial charge in [0, 0.05) is 17.9 Å². The summed E-state index contributed by atoms with van der Waals surface area (Å²) in [4.78, 5) is 11.8. The fourth-order valence-electron chi connectivity index (χ4n) is 1.37. The Balaban J connectivity index is 2.63. The lowest BCUT2D eigenvalue weighted by Crippen LogP contribution is -2.42. The van der Waals surface area contributed by atoms with Gasteiger partial charge in [0.25, 0.3) is 5.91 Å². The topological polar surface area (TPSA) is 49.3 Å². The Morgan fingerprint density at radius 2 is 2.28 bits per heavy atom. The van der Waals surface area contributed by atoms with Crippen molar-refractivity contribution < 1.29 is 14.3 Å². The van der Waals surface area contributed by atoms with Gasteiger partial charge in [-0.15, -0.1) is 0 Å². The van der Waals surface area contributed by atoms with E-state index in [-0.39, 0.29) is 16.9 Å². The van der Waals surface area contributed by atoms with Gasteiger partial charge in [0.15, 0.2) is 0 Å². The first-order valence-corrected chi connectivity index (χ1v) is 7.49. The summed E-state index contributed by atoms with van der Waals surface area (Å²) in [5.41, 5.74) is -0.602. The van der Waals surface area contributed by atoms with Crippen molar-refractivity contribution in [2.45, 2.75) is 12.5 Å². The molecule has 0 aliphatic carbocycles. The highest BCUT2D eigenvalue weighted by molar-refractivity contribution is 9.10. The maximum Gasteiger partial charge on any atom is 0.251 e. The third kappa shape index (κ3) is 4.59. The number of aliphatic hydroxyl groups is 1. The van der Waals surface area contributed by atoms with Crippen LogP contribution in [0.4, 0.5) is 4.39 Å². The van der Waals surface area contributed by atoms with Crippen LogP contribution in [0, 0.1) is 5.82 Å². The van der Waals surface area contributed by atoms with Crippen LogP contribution in [0.1, 0.15) is 17.3 Å². The molecule has 100 valence electrons. The van der Waals surface area contributed by atoms with Crippen LogP contribution < -0.4 is 5.32 Å². The quantitative estimate of drug-likeness (QED) is 0.868. The molecule has 0 aliphatic rings. The second kappa shape index (κ2) is 6.54. The third-order valence-electron chi connectivity index (χ3n) is 2.27. The van der Waals surface area contributed by atoms with Crippen molar-refractivity contribution in [1.82, 2.24) is 5.32 Å². The zero-order valence-corrected chi connectivity index (χ0v) is 12.6. The first-order chi connectivity index (χ1) is 8.35. The van der Waals surface area contributed by atoms with Crippen LogP contribution in [0.15, 0.2) is 22.7 Å². The molecule has 1 atom stereocenters. The van der Waals surface area contributed by atoms with Crippen LogP contribution in [-0.4, -0.2) is 35.2 Å². The minimum atomic E-state index is -0.952. The standard InChI is InChI=1S/C12H15BrFNO2S/c1-12(17,7-18-2)6-15-11(16)8-3-4-10(14)9(13)5-8/h3-5,17H,6-7H2,1-2H3,(H,15,16). The van der Waals surface area contributed by atoms with E-state index >= 15 is 0 Å². The van der Waals surface area contributed by atoms with E-state index in [4.69, 9.17) is 0 Å². The highest BCUT2D eigenvalue weighted by atomic mass is 79.9. The lowest BCUT2D eigenvalue weighted by Gasteiger charge is -2.22. The second-order valence-electron chi connectivity index (χ2n) is 4.24. The van der Waals surface area contributed by atoms with Gasteiger partial charge < -0.3 is 10.4 Å². The molecule has 0 heterocycles. The molecule has 3 nitrogen and oxygen atoms in total. The van der Waals surface area contributed by atoms with E-state index in [9.17, 15) is 14.3 Å². The van der Waals surface area contributed by atoms with E-state index in [1.165, 1.54) is 30.0 Å². The first-order valence-electron chi connectivity index (χ1n) is 5.30. The van der Waals surface area contributed by atoms with Crippen LogP contribution in [0.5, 0.6) is 0 Å². The summed E-state index contributed by atoms with van der Waals surface area (Å²) in [6, 6.07) is 4.03. The Labute approximate surface area is 118 Å². The number of rotatable bonds is 5. The minimum absolute atomic E-state index is 0.154. The van der Waals surface area contributed by atoms with E-state index in [1.807, 2.05) is 6.26 Å². The van der Waals surface area contributed by atoms with Crippen LogP contribution >= 0.6 is 27.7 Å². The SMILES string of the molecule is CSCC(C)(O)CNC(=O)c1ccc(F)c(Br)c1. The zero-order valence-electron chi connectivity index (χ0n) is 10.2. The Bertz CT molecular complexity index is 440. The highest BCUT2D eigenvalue weighted by Crippen LogP contribution is 2.17. The largest absolute Gasteiger partial charge is 0.387 e. The molecule has 0 radical (unpaired) electrons. The van der Waals surface area contributed by atoms with Crippen molar-refractivity contribution in [2.75, 3.05) is 18.6 Å². The third-order valence-corrected chi connectivity index (χ3v) is 3.79. The van der Waals surface area contributed by atoms with Crippen molar-refractivity contribution in [2.24, 2.45) is 0 Å². The Kier molecular flexibility index (Phi) is 5.62. The molecule has 1 rings (SSSR count). The van der Waals surface area contributed by atoms with Crippen LogP contribution in [-0.2, 0) is 0 Å². The van der Waals surface area contributed by atoms with E-state index in [2.05, 4.69) is 21.2 Å². The second-order valence-corrected chi connectivity index (χ2v) is 5.96. The molecule has 2 N–H and O–H groups in total. The van der Waals surface area contributed by atoms with Crippen LogP contribution in [0.2, 0.25) is 0 Å². The van der Waals surface area contributed by atoms with Crippen LogP contribution in [0.3, 0.4) is 0 Å². The fraction of sp³-hybridized carbons (Fsp3) is 0.417. The lowest BCUT2D eigenvalue weighted by molar-refractivity contribution is 0.0725. The molecule has 18 heavy (non-hydrogen) atoms. The van der Waals surface area contributed by atoms with Gasteiger partial charge in [0.05, 0.1) is 10.1 Å². The van der Waals surface area contributed by atoms with E-state index < -0.39 is 11.4 Å². The fourth-order valence-corrected chi connectivity index (χ4v) is 2.47. The van der Waals surface area contributed by atoms with Crippen molar-refractivity contribution in [3.63, 3.8) is 0 Å². The zero-order chi connectivity index (χ0) is 13.8. The minimum Gasteiger partial charge on any atom is -0.387 e. The average Bonchev–Trinajstić information content (AvgIpc) is 2.30. The van der Waals surface area contributed by atoms with Gasteiger partial charge in [-0.2, -0.15) is 11.8 Å². The van der Waals surface area contributed by atoms with Gasteiger partial charge in [-0.05, 0) is 47.3 Å². The summed E-state index contributed by atoms with van der Waals surface area (Å²) >= 11 is 4.52. The summed E-state index contributed by atoms with van der Waals surface area (Å²) in [5.74, 6) is -0.224. The van der Waals surface area contributed by atoms with Gasteiger partial charge in [-0.3, -0.25) is 4.79 Å². The molecule has 0 fully saturated rings. The van der Waals surface area contributed by atoms with Gasteiger partial charge in [-0.25, -0.2) is 4.39 Å². The molecule has 0 saturated heterocycles. The molecule has 6 heteroatoms. The Morgan fingerprint density at radius 3 is 2.83 bits per heavy atom.